The van der Waals surface area contributed by atoms with Crippen LogP contribution in [0.25, 0.3) is 0 Å². The van der Waals surface area contributed by atoms with Gasteiger partial charge in [0.2, 0.25) is 5.91 Å². The predicted molar refractivity (Wildman–Crippen MR) is 81.9 cm³/mol. The lowest BCUT2D eigenvalue weighted by Crippen LogP contribution is -2.54. The van der Waals surface area contributed by atoms with E-state index in [-0.39, 0.29) is 11.9 Å². The van der Waals surface area contributed by atoms with Crippen LogP contribution in [0.1, 0.15) is 12.5 Å². The van der Waals surface area contributed by atoms with E-state index in [1.165, 1.54) is 0 Å². The van der Waals surface area contributed by atoms with E-state index in [0.29, 0.717) is 18.1 Å². The molecule has 1 aromatic carbocycles. The number of benzene rings is 1. The maximum Gasteiger partial charge on any atom is 0.237 e. The Bertz CT molecular complexity index is 490. The fourth-order valence-corrected chi connectivity index (χ4v) is 2.27. The van der Waals surface area contributed by atoms with Gasteiger partial charge in [0, 0.05) is 25.2 Å². The van der Waals surface area contributed by atoms with Crippen molar-refractivity contribution in [1.29, 1.82) is 0 Å². The Labute approximate surface area is 124 Å². The lowest BCUT2D eigenvalue weighted by Gasteiger charge is -2.32. The fraction of sp³-hybridized carbons (Fsp3) is 0.429. The number of nitrogens with one attached hydrogen (secondary N) is 1. The number of piperazine rings is 1. The van der Waals surface area contributed by atoms with Crippen LogP contribution in [0.2, 0.25) is 0 Å². The van der Waals surface area contributed by atoms with E-state index in [0.717, 1.165) is 24.4 Å². The Hall–Kier alpha value is -1.66. The number of rotatable bonds is 5. The van der Waals surface area contributed by atoms with Gasteiger partial charge in [-0.3, -0.25) is 9.69 Å². The molecular formula is C14H19N3O2S. The van der Waals surface area contributed by atoms with Gasteiger partial charge >= 0.3 is 0 Å². The molecule has 1 aliphatic heterocycles. The highest BCUT2D eigenvalue weighted by Crippen LogP contribution is 2.12. The first-order valence-corrected chi connectivity index (χ1v) is 7.03. The van der Waals surface area contributed by atoms with Gasteiger partial charge < -0.3 is 15.8 Å². The van der Waals surface area contributed by atoms with Crippen LogP contribution < -0.4 is 15.8 Å². The molecule has 0 radical (unpaired) electrons. The number of thiocarbonyl (C=S) groups is 1. The van der Waals surface area contributed by atoms with Gasteiger partial charge in [0.25, 0.3) is 0 Å². The zero-order valence-electron chi connectivity index (χ0n) is 11.5. The molecule has 1 atom stereocenters. The van der Waals surface area contributed by atoms with Crippen LogP contribution in [-0.4, -0.2) is 48.1 Å². The number of amides is 1. The van der Waals surface area contributed by atoms with Crippen molar-refractivity contribution in [1.82, 2.24) is 10.2 Å². The molecule has 108 valence electrons. The van der Waals surface area contributed by atoms with Gasteiger partial charge in [-0.1, -0.05) is 12.2 Å². The van der Waals surface area contributed by atoms with Gasteiger partial charge in [-0.2, -0.15) is 0 Å². The second-order valence-corrected chi connectivity index (χ2v) is 5.18. The molecule has 1 amide bonds. The van der Waals surface area contributed by atoms with Crippen molar-refractivity contribution in [3.63, 3.8) is 0 Å². The van der Waals surface area contributed by atoms with Gasteiger partial charge in [-0.15, -0.1) is 0 Å². The summed E-state index contributed by atoms with van der Waals surface area (Å²) in [5, 5.41) is 2.84. The van der Waals surface area contributed by atoms with Crippen LogP contribution in [0.3, 0.4) is 0 Å². The fourth-order valence-electron chi connectivity index (χ4n) is 2.13. The van der Waals surface area contributed by atoms with Crippen LogP contribution in [0.15, 0.2) is 24.3 Å². The largest absolute Gasteiger partial charge is 0.492 e. The van der Waals surface area contributed by atoms with Crippen molar-refractivity contribution in [3.8, 4) is 5.75 Å². The first kappa shape index (κ1) is 14.7. The van der Waals surface area contributed by atoms with Crippen LogP contribution in [-0.2, 0) is 4.79 Å². The summed E-state index contributed by atoms with van der Waals surface area (Å²) in [5.74, 6) is 0.858. The molecule has 6 heteroatoms. The lowest BCUT2D eigenvalue weighted by atomic mass is 10.2. The molecule has 5 nitrogen and oxygen atoms in total. The molecule has 0 spiro atoms. The van der Waals surface area contributed by atoms with E-state index in [2.05, 4.69) is 10.2 Å². The third kappa shape index (κ3) is 3.68. The van der Waals surface area contributed by atoms with Crippen molar-refractivity contribution in [2.24, 2.45) is 5.73 Å². The zero-order chi connectivity index (χ0) is 14.5. The first-order valence-electron chi connectivity index (χ1n) is 6.62. The zero-order valence-corrected chi connectivity index (χ0v) is 12.3. The van der Waals surface area contributed by atoms with E-state index < -0.39 is 0 Å². The standard InChI is InChI=1S/C14H19N3O2S/c1-10-14(18)16-6-7-17(10)8-9-19-12-4-2-11(3-5-12)13(15)20/h2-5,10H,6-9H2,1H3,(H2,15,20)(H,16,18). The van der Waals surface area contributed by atoms with Crippen molar-refractivity contribution in [2.45, 2.75) is 13.0 Å². The number of ether oxygens (including phenoxy) is 1. The second-order valence-electron chi connectivity index (χ2n) is 4.74. The van der Waals surface area contributed by atoms with E-state index >= 15 is 0 Å². The van der Waals surface area contributed by atoms with Crippen molar-refractivity contribution in [3.05, 3.63) is 29.8 Å². The molecule has 0 bridgehead atoms. The summed E-state index contributed by atoms with van der Waals surface area (Å²) in [6.45, 7) is 4.74. The molecule has 2 rings (SSSR count). The number of nitrogens with zero attached hydrogens (tertiary/aromatic N) is 1. The van der Waals surface area contributed by atoms with Gasteiger partial charge in [-0.25, -0.2) is 0 Å². The van der Waals surface area contributed by atoms with Crippen LogP contribution >= 0.6 is 12.2 Å². The average Bonchev–Trinajstić information content (AvgIpc) is 2.44. The average molecular weight is 293 g/mol. The van der Waals surface area contributed by atoms with Crippen molar-refractivity contribution >= 4 is 23.1 Å². The molecular weight excluding hydrogens is 274 g/mol. The van der Waals surface area contributed by atoms with Gasteiger partial charge in [0.05, 0.1) is 6.04 Å². The minimum absolute atomic E-state index is 0.0806. The Balaban J connectivity index is 1.80. The summed E-state index contributed by atoms with van der Waals surface area (Å²) >= 11 is 4.89. The van der Waals surface area contributed by atoms with Crippen molar-refractivity contribution in [2.75, 3.05) is 26.2 Å². The van der Waals surface area contributed by atoms with Crippen LogP contribution in [0.4, 0.5) is 0 Å². The summed E-state index contributed by atoms with van der Waals surface area (Å²) in [6, 6.07) is 7.29. The summed E-state index contributed by atoms with van der Waals surface area (Å²) in [6.07, 6.45) is 0. The summed E-state index contributed by atoms with van der Waals surface area (Å²) in [4.78, 5) is 14.0. The maximum absolute atomic E-state index is 11.5. The normalized spacial score (nSPS) is 19.4. The van der Waals surface area contributed by atoms with E-state index in [4.69, 9.17) is 22.7 Å². The molecule has 1 unspecified atom stereocenters. The quantitative estimate of drug-likeness (QED) is 0.775. The van der Waals surface area contributed by atoms with E-state index in [1.807, 2.05) is 31.2 Å². The highest BCUT2D eigenvalue weighted by atomic mass is 32.1. The molecule has 1 aromatic rings. The predicted octanol–water partition coefficient (Wildman–Crippen LogP) is 0.520. The molecule has 1 heterocycles. The third-order valence-corrected chi connectivity index (χ3v) is 3.65. The topological polar surface area (TPSA) is 67.6 Å². The molecule has 3 N–H and O–H groups in total. The Morgan fingerprint density at radius 2 is 2.20 bits per heavy atom. The van der Waals surface area contributed by atoms with Crippen LogP contribution in [0.5, 0.6) is 5.75 Å². The molecule has 1 aliphatic rings. The van der Waals surface area contributed by atoms with E-state index in [9.17, 15) is 4.79 Å². The van der Waals surface area contributed by atoms with Gasteiger partial charge in [0.15, 0.2) is 0 Å². The molecule has 0 aromatic heterocycles. The summed E-state index contributed by atoms with van der Waals surface area (Å²) in [5.41, 5.74) is 6.36. The number of hydrogen-bond acceptors (Lipinski definition) is 4. The highest BCUT2D eigenvalue weighted by molar-refractivity contribution is 7.80. The smallest absolute Gasteiger partial charge is 0.237 e. The molecule has 0 aliphatic carbocycles. The van der Waals surface area contributed by atoms with Crippen LogP contribution in [0, 0.1) is 0 Å². The number of nitrogens with two attached hydrogens (primary N) is 1. The maximum atomic E-state index is 11.5. The molecule has 0 saturated carbocycles. The highest BCUT2D eigenvalue weighted by Gasteiger charge is 2.24. The Morgan fingerprint density at radius 1 is 1.50 bits per heavy atom. The van der Waals surface area contributed by atoms with Crippen molar-refractivity contribution < 1.29 is 9.53 Å². The Kier molecular flexibility index (Phi) is 4.92. The molecule has 1 saturated heterocycles. The number of carbonyl (C=O) groups is 1. The van der Waals surface area contributed by atoms with Gasteiger partial charge in [-0.05, 0) is 31.2 Å². The first-order chi connectivity index (χ1) is 9.58. The Morgan fingerprint density at radius 3 is 2.85 bits per heavy atom. The second kappa shape index (κ2) is 6.67. The number of hydrogen-bond donors (Lipinski definition) is 2. The SMILES string of the molecule is CC1C(=O)NCCN1CCOc1ccc(C(N)=S)cc1. The minimum Gasteiger partial charge on any atom is -0.492 e. The summed E-state index contributed by atoms with van der Waals surface area (Å²) in [7, 11) is 0. The van der Waals surface area contributed by atoms with E-state index in [1.54, 1.807) is 0 Å². The minimum atomic E-state index is -0.0932. The third-order valence-electron chi connectivity index (χ3n) is 3.41. The summed E-state index contributed by atoms with van der Waals surface area (Å²) < 4.78 is 5.67. The lowest BCUT2D eigenvalue weighted by molar-refractivity contribution is -0.128. The molecule has 1 fully saturated rings. The van der Waals surface area contributed by atoms with Gasteiger partial charge in [0.1, 0.15) is 17.3 Å². The molecule has 20 heavy (non-hydrogen) atoms. The monoisotopic (exact) mass is 293 g/mol. The number of carbonyl (C=O) groups excluding carboxylic acids is 1.